The topological polar surface area (TPSA) is 0 Å². The lowest BCUT2D eigenvalue weighted by atomic mass is 9.89. The van der Waals surface area contributed by atoms with Crippen LogP contribution in [0, 0.1) is 6.92 Å². The maximum Gasteiger partial charge on any atom is 0.0629 e. The van der Waals surface area contributed by atoms with Crippen molar-refractivity contribution in [3.8, 4) is 0 Å². The Morgan fingerprint density at radius 1 is 0.652 bits per heavy atom. The summed E-state index contributed by atoms with van der Waals surface area (Å²) < 4.78 is 67.3. The van der Waals surface area contributed by atoms with Crippen molar-refractivity contribution in [3.05, 3.63) is 84.2 Å². The van der Waals surface area contributed by atoms with Crippen LogP contribution in [0.15, 0.2) is 78.7 Å². The van der Waals surface area contributed by atoms with Gasteiger partial charge in [0, 0.05) is 0 Å². The number of aryl methyl sites for hydroxylation is 1. The minimum atomic E-state index is -0.428. The summed E-state index contributed by atoms with van der Waals surface area (Å²) >= 11 is 0. The molecule has 23 heavy (non-hydrogen) atoms. The maximum atomic E-state index is 8.67. The zero-order valence-corrected chi connectivity index (χ0v) is 12.4. The van der Waals surface area contributed by atoms with Crippen molar-refractivity contribution in [1.29, 1.82) is 0 Å². The fourth-order valence-corrected chi connectivity index (χ4v) is 3.44. The molecule has 0 unspecified atom stereocenters. The van der Waals surface area contributed by atoms with Crippen LogP contribution in [0.4, 0.5) is 0 Å². The molecule has 0 saturated carbocycles. The van der Waals surface area contributed by atoms with Crippen LogP contribution in [0.1, 0.15) is 16.5 Å². The first kappa shape index (κ1) is 7.14. The fraction of sp³-hybridized carbons (Fsp3) is 0.0435. The molecule has 0 nitrogen and oxygen atoms in total. The van der Waals surface area contributed by atoms with Gasteiger partial charge in [0.25, 0.3) is 0 Å². The van der Waals surface area contributed by atoms with E-state index in [1.807, 2.05) is 37.3 Å². The minimum Gasteiger partial charge on any atom is -0.0616 e. The molecule has 0 aliphatic carbocycles. The van der Waals surface area contributed by atoms with Crippen LogP contribution in [0.2, 0.25) is 0 Å². The van der Waals surface area contributed by atoms with Gasteiger partial charge in [-0.25, -0.2) is 0 Å². The highest BCUT2D eigenvalue weighted by Crippen LogP contribution is 2.40. The molecule has 0 heteroatoms. The summed E-state index contributed by atoms with van der Waals surface area (Å²) in [5.41, 5.74) is 0.776. The average molecular weight is 300 g/mol. The summed E-state index contributed by atoms with van der Waals surface area (Å²) in [4.78, 5) is 0. The van der Waals surface area contributed by atoms with E-state index in [9.17, 15) is 0 Å². The standard InChI is InChI=1S/C23H16/c1-15-14-16-8-2-3-9-17(16)23-21-13-7-5-11-19(21)18-10-4-6-12-20(18)22(15)23/h2-14H,1H3/i4D,5D,6D,7D,10D,11D,12D,13D. The number of fused-ring (bicyclic) bond motifs is 8. The Balaban J connectivity index is 2.37. The van der Waals surface area contributed by atoms with E-state index in [2.05, 4.69) is 0 Å². The summed E-state index contributed by atoms with van der Waals surface area (Å²) in [5, 5.41) is 3.62. The smallest absolute Gasteiger partial charge is 0.0616 e. The summed E-state index contributed by atoms with van der Waals surface area (Å²) in [6.45, 7) is 1.85. The Morgan fingerprint density at radius 3 is 1.91 bits per heavy atom. The van der Waals surface area contributed by atoms with Crippen LogP contribution in [0.25, 0.3) is 43.1 Å². The first-order chi connectivity index (χ1) is 14.7. The molecule has 0 heterocycles. The van der Waals surface area contributed by atoms with Crippen LogP contribution in [-0.2, 0) is 0 Å². The van der Waals surface area contributed by atoms with E-state index >= 15 is 0 Å². The molecule has 5 aromatic rings. The van der Waals surface area contributed by atoms with Crippen molar-refractivity contribution in [3.63, 3.8) is 0 Å². The monoisotopic (exact) mass is 300 g/mol. The SMILES string of the molecule is [2H]c1c([2H])c([2H])c2c(c1[2H])c1c([2H])c([2H])c([2H])c([2H])c1c1c3ccccc3cc(C)c21. The lowest BCUT2D eigenvalue weighted by Gasteiger charge is -2.14. The fourth-order valence-electron chi connectivity index (χ4n) is 3.44. The molecule has 0 fully saturated rings. The van der Waals surface area contributed by atoms with Crippen molar-refractivity contribution in [1.82, 2.24) is 0 Å². The number of hydrogen-bond donors (Lipinski definition) is 0. The van der Waals surface area contributed by atoms with E-state index in [-0.39, 0.29) is 57.8 Å². The van der Waals surface area contributed by atoms with Gasteiger partial charge in [-0.3, -0.25) is 0 Å². The van der Waals surface area contributed by atoms with Gasteiger partial charge in [-0.1, -0.05) is 78.7 Å². The summed E-state index contributed by atoms with van der Waals surface area (Å²) in [7, 11) is 0. The van der Waals surface area contributed by atoms with E-state index < -0.39 is 12.1 Å². The van der Waals surface area contributed by atoms with E-state index in [0.717, 1.165) is 16.3 Å². The molecule has 0 radical (unpaired) electrons. The van der Waals surface area contributed by atoms with Gasteiger partial charge in [0.1, 0.15) is 0 Å². The maximum absolute atomic E-state index is 8.67. The molecular formula is C23H16. The number of benzene rings is 5. The molecule has 0 aromatic heterocycles. The van der Waals surface area contributed by atoms with E-state index in [1.165, 1.54) is 0 Å². The molecule has 0 aliphatic rings. The van der Waals surface area contributed by atoms with Gasteiger partial charge in [-0.2, -0.15) is 0 Å². The van der Waals surface area contributed by atoms with Gasteiger partial charge in [-0.05, 0) is 55.6 Å². The van der Waals surface area contributed by atoms with E-state index in [4.69, 9.17) is 11.0 Å². The second-order valence-electron chi connectivity index (χ2n) is 5.66. The van der Waals surface area contributed by atoms with Crippen molar-refractivity contribution < 1.29 is 11.0 Å². The highest BCUT2D eigenvalue weighted by atomic mass is 14.2. The van der Waals surface area contributed by atoms with Gasteiger partial charge in [0.2, 0.25) is 0 Å². The first-order valence-corrected chi connectivity index (χ1v) is 7.40. The Kier molecular flexibility index (Phi) is 1.42. The lowest BCUT2D eigenvalue weighted by molar-refractivity contribution is 1.57. The molecule has 0 atom stereocenters. The third kappa shape index (κ3) is 1.66. The second kappa shape index (κ2) is 4.57. The first-order valence-electron chi connectivity index (χ1n) is 11.4. The lowest BCUT2D eigenvalue weighted by Crippen LogP contribution is -1.88. The second-order valence-corrected chi connectivity index (χ2v) is 5.66. The van der Waals surface area contributed by atoms with E-state index in [1.54, 1.807) is 0 Å². The van der Waals surface area contributed by atoms with Crippen molar-refractivity contribution in [2.24, 2.45) is 0 Å². The third-order valence-electron chi connectivity index (χ3n) is 4.37. The normalized spacial score (nSPS) is 16.6. The highest BCUT2D eigenvalue weighted by molar-refractivity contribution is 6.32. The summed E-state index contributed by atoms with van der Waals surface area (Å²) in [6, 6.07) is 6.83. The van der Waals surface area contributed by atoms with Gasteiger partial charge in [-0.15, -0.1) is 0 Å². The van der Waals surface area contributed by atoms with Crippen molar-refractivity contribution in [2.75, 3.05) is 0 Å². The van der Waals surface area contributed by atoms with Crippen LogP contribution < -0.4 is 0 Å². The van der Waals surface area contributed by atoms with Gasteiger partial charge < -0.3 is 0 Å². The molecule has 0 amide bonds. The highest BCUT2D eigenvalue weighted by Gasteiger charge is 2.12. The molecule has 108 valence electrons. The summed E-state index contributed by atoms with van der Waals surface area (Å²) in [5.74, 6) is 0. The average Bonchev–Trinajstić information content (AvgIpc) is 2.76. The quantitative estimate of drug-likeness (QED) is 0.282. The van der Waals surface area contributed by atoms with Gasteiger partial charge >= 0.3 is 0 Å². The number of rotatable bonds is 0. The Bertz CT molecular complexity index is 1620. The van der Waals surface area contributed by atoms with Gasteiger partial charge in [0.05, 0.1) is 11.0 Å². The zero-order valence-electron chi connectivity index (χ0n) is 20.4. The number of hydrogen-bond acceptors (Lipinski definition) is 0. The Morgan fingerprint density at radius 2 is 1.22 bits per heavy atom. The minimum absolute atomic E-state index is 0.122. The molecule has 0 aliphatic heterocycles. The molecule has 0 N–H and O–H groups in total. The van der Waals surface area contributed by atoms with Crippen LogP contribution in [0.3, 0.4) is 0 Å². The predicted octanol–water partition coefficient (Wildman–Crippen LogP) is 6.61. The molecule has 5 aromatic carbocycles. The van der Waals surface area contributed by atoms with Crippen molar-refractivity contribution >= 4 is 43.1 Å². The molecule has 0 spiro atoms. The molecular weight excluding hydrogens is 276 g/mol. The largest absolute Gasteiger partial charge is 0.0629 e. The molecule has 0 bridgehead atoms. The molecule has 0 saturated heterocycles. The van der Waals surface area contributed by atoms with Crippen LogP contribution >= 0.6 is 0 Å². The Hall–Kier alpha value is -2.86. The van der Waals surface area contributed by atoms with Gasteiger partial charge in [0.15, 0.2) is 0 Å². The Labute approximate surface area is 146 Å². The van der Waals surface area contributed by atoms with Crippen molar-refractivity contribution in [2.45, 2.75) is 6.92 Å². The third-order valence-corrected chi connectivity index (χ3v) is 4.37. The van der Waals surface area contributed by atoms with Crippen LogP contribution in [0.5, 0.6) is 0 Å². The zero-order chi connectivity index (χ0) is 22.4. The molecule has 5 rings (SSSR count). The summed E-state index contributed by atoms with van der Waals surface area (Å²) in [6.07, 6.45) is 0. The predicted molar refractivity (Wildman–Crippen MR) is 101 cm³/mol. The van der Waals surface area contributed by atoms with E-state index in [0.29, 0.717) is 10.8 Å². The van der Waals surface area contributed by atoms with Crippen LogP contribution in [-0.4, -0.2) is 0 Å².